The Morgan fingerprint density at radius 2 is 1.87 bits per heavy atom. The normalized spacial score (nSPS) is 14.2. The fourth-order valence-electron chi connectivity index (χ4n) is 3.50. The van der Waals surface area contributed by atoms with Crippen molar-refractivity contribution in [3.8, 4) is 17.2 Å². The molecule has 9 nitrogen and oxygen atoms in total. The van der Waals surface area contributed by atoms with Gasteiger partial charge in [-0.25, -0.2) is 0 Å². The summed E-state index contributed by atoms with van der Waals surface area (Å²) in [5.74, 6) is -1.53. The number of ether oxygens (including phenoxy) is 2. The molecule has 31 heavy (non-hydrogen) atoms. The van der Waals surface area contributed by atoms with Crippen molar-refractivity contribution >= 4 is 22.8 Å². The molecule has 160 valence electrons. The summed E-state index contributed by atoms with van der Waals surface area (Å²) in [6.07, 6.45) is 1.04. The third-order valence-electron chi connectivity index (χ3n) is 5.17. The third kappa shape index (κ3) is 3.89. The number of carbonyl (C=O) groups excluding carboxylic acids is 2. The summed E-state index contributed by atoms with van der Waals surface area (Å²) in [7, 11) is 0. The number of primary amides is 1. The maximum atomic E-state index is 13.2. The van der Waals surface area contributed by atoms with Gasteiger partial charge >= 0.3 is 0 Å². The average Bonchev–Trinajstić information content (AvgIpc) is 3.19. The van der Waals surface area contributed by atoms with Crippen LogP contribution in [0.15, 0.2) is 51.9 Å². The van der Waals surface area contributed by atoms with Crippen LogP contribution < -0.4 is 26.0 Å². The van der Waals surface area contributed by atoms with E-state index in [9.17, 15) is 19.5 Å². The molecule has 0 spiro atoms. The maximum absolute atomic E-state index is 13.2. The first-order valence-electron chi connectivity index (χ1n) is 9.56. The van der Waals surface area contributed by atoms with Crippen LogP contribution in [0.3, 0.4) is 0 Å². The minimum atomic E-state index is -0.897. The number of rotatable bonds is 6. The molecule has 0 fully saturated rings. The number of nitrogens with two attached hydrogens (primary N) is 1. The van der Waals surface area contributed by atoms with Gasteiger partial charge in [0.15, 0.2) is 16.9 Å². The van der Waals surface area contributed by atoms with Gasteiger partial charge in [-0.05, 0) is 25.1 Å². The molecule has 0 radical (unpaired) electrons. The lowest BCUT2D eigenvalue weighted by Gasteiger charge is -2.20. The second-order valence-electron chi connectivity index (χ2n) is 7.23. The first-order chi connectivity index (χ1) is 14.8. The van der Waals surface area contributed by atoms with Gasteiger partial charge < -0.3 is 30.0 Å². The smallest absolute Gasteiger partial charge is 0.239 e. The van der Waals surface area contributed by atoms with Crippen LogP contribution in [-0.2, 0) is 9.59 Å². The van der Waals surface area contributed by atoms with E-state index in [1.807, 2.05) is 0 Å². The summed E-state index contributed by atoms with van der Waals surface area (Å²) >= 11 is 0. The van der Waals surface area contributed by atoms with Crippen molar-refractivity contribution in [1.82, 2.24) is 5.32 Å². The number of phenolic OH excluding ortho intramolecular Hbond substituents is 1. The second-order valence-corrected chi connectivity index (χ2v) is 7.23. The van der Waals surface area contributed by atoms with E-state index in [0.29, 0.717) is 22.5 Å². The van der Waals surface area contributed by atoms with Gasteiger partial charge in [0.1, 0.15) is 17.4 Å². The van der Waals surface area contributed by atoms with E-state index in [0.717, 1.165) is 0 Å². The highest BCUT2D eigenvalue weighted by Gasteiger charge is 2.29. The summed E-state index contributed by atoms with van der Waals surface area (Å²) in [6.45, 7) is 1.45. The Balaban J connectivity index is 1.81. The van der Waals surface area contributed by atoms with Crippen molar-refractivity contribution in [3.05, 3.63) is 64.0 Å². The quantitative estimate of drug-likeness (QED) is 0.547. The molecule has 2 unspecified atom stereocenters. The Hall–Kier alpha value is -4.01. The Morgan fingerprint density at radius 3 is 2.61 bits per heavy atom. The Labute approximate surface area is 176 Å². The molecule has 0 saturated carbocycles. The molecule has 0 aliphatic carbocycles. The van der Waals surface area contributed by atoms with Gasteiger partial charge in [0.05, 0.1) is 11.6 Å². The summed E-state index contributed by atoms with van der Waals surface area (Å²) in [5, 5.41) is 13.5. The fraction of sp³-hybridized carbons (Fsp3) is 0.227. The van der Waals surface area contributed by atoms with Crippen LogP contribution in [0.5, 0.6) is 17.2 Å². The molecule has 0 saturated heterocycles. The summed E-state index contributed by atoms with van der Waals surface area (Å²) in [4.78, 5) is 37.2. The van der Waals surface area contributed by atoms with Gasteiger partial charge in [-0.2, -0.15) is 0 Å². The molecule has 2 heterocycles. The van der Waals surface area contributed by atoms with E-state index in [4.69, 9.17) is 19.6 Å². The number of benzene rings is 2. The lowest BCUT2D eigenvalue weighted by atomic mass is 9.87. The van der Waals surface area contributed by atoms with Crippen LogP contribution in [0, 0.1) is 0 Å². The standard InChI is InChI=1S/C22H20N2O7/c1-11(22(23)28)24-20(26)7-13(14-6-18-19(8-16(14)25)31-10-30-18)15-9-29-17-5-3-2-4-12(17)21(15)27/h2-6,8-9,11,13,25H,7,10H2,1H3,(H2,23,28)(H,24,26). The Bertz CT molecular complexity index is 1230. The predicted molar refractivity (Wildman–Crippen MR) is 110 cm³/mol. The number of hydrogen-bond donors (Lipinski definition) is 3. The minimum absolute atomic E-state index is 0.00236. The molecule has 2 amide bonds. The summed E-state index contributed by atoms with van der Waals surface area (Å²) < 4.78 is 16.3. The van der Waals surface area contributed by atoms with Gasteiger partial charge in [0.25, 0.3) is 0 Å². The van der Waals surface area contributed by atoms with E-state index in [1.54, 1.807) is 24.3 Å². The lowest BCUT2D eigenvalue weighted by molar-refractivity contribution is -0.127. The monoisotopic (exact) mass is 424 g/mol. The van der Waals surface area contributed by atoms with E-state index in [-0.39, 0.29) is 35.5 Å². The number of hydrogen-bond acceptors (Lipinski definition) is 7. The van der Waals surface area contributed by atoms with Crippen LogP contribution in [0.4, 0.5) is 0 Å². The van der Waals surface area contributed by atoms with Gasteiger partial charge in [-0.1, -0.05) is 12.1 Å². The largest absolute Gasteiger partial charge is 0.508 e. The van der Waals surface area contributed by atoms with Gasteiger partial charge in [0.2, 0.25) is 18.6 Å². The molecule has 0 bridgehead atoms. The first-order valence-corrected chi connectivity index (χ1v) is 9.56. The Kier molecular flexibility index (Phi) is 5.24. The highest BCUT2D eigenvalue weighted by atomic mass is 16.7. The number of phenols is 1. The minimum Gasteiger partial charge on any atom is -0.508 e. The summed E-state index contributed by atoms with van der Waals surface area (Å²) in [5.41, 5.74) is 5.75. The highest BCUT2D eigenvalue weighted by molar-refractivity contribution is 5.87. The van der Waals surface area contributed by atoms with Crippen molar-refractivity contribution in [1.29, 1.82) is 0 Å². The van der Waals surface area contributed by atoms with Crippen molar-refractivity contribution < 1.29 is 28.6 Å². The molecule has 1 aliphatic rings. The SMILES string of the molecule is CC(NC(=O)CC(c1cc2c(cc1O)OCO2)c1coc2ccccc2c1=O)C(N)=O. The van der Waals surface area contributed by atoms with Gasteiger partial charge in [0, 0.05) is 29.5 Å². The molecule has 2 atom stereocenters. The zero-order valence-electron chi connectivity index (χ0n) is 16.6. The molecule has 1 aromatic heterocycles. The first kappa shape index (κ1) is 20.3. The van der Waals surface area contributed by atoms with Gasteiger partial charge in [-0.15, -0.1) is 0 Å². The average molecular weight is 424 g/mol. The summed E-state index contributed by atoms with van der Waals surface area (Å²) in [6, 6.07) is 8.73. The molecule has 1 aliphatic heterocycles. The van der Waals surface area contributed by atoms with E-state index in [2.05, 4.69) is 5.32 Å². The van der Waals surface area contributed by atoms with Crippen LogP contribution in [-0.4, -0.2) is 29.8 Å². The highest BCUT2D eigenvalue weighted by Crippen LogP contribution is 2.42. The van der Waals surface area contributed by atoms with E-state index < -0.39 is 23.8 Å². The van der Waals surface area contributed by atoms with Crippen LogP contribution in [0.1, 0.15) is 30.4 Å². The molecule has 9 heteroatoms. The maximum Gasteiger partial charge on any atom is 0.239 e. The van der Waals surface area contributed by atoms with Crippen molar-refractivity contribution in [2.75, 3.05) is 6.79 Å². The number of carbonyl (C=O) groups is 2. The van der Waals surface area contributed by atoms with Gasteiger partial charge in [-0.3, -0.25) is 14.4 Å². The molecule has 4 N–H and O–H groups in total. The number of aromatic hydroxyl groups is 1. The Morgan fingerprint density at radius 1 is 1.16 bits per heavy atom. The zero-order chi connectivity index (χ0) is 22.1. The van der Waals surface area contributed by atoms with Crippen LogP contribution in [0.2, 0.25) is 0 Å². The second kappa shape index (κ2) is 8.02. The fourth-order valence-corrected chi connectivity index (χ4v) is 3.50. The number of nitrogens with one attached hydrogen (secondary N) is 1. The number of amides is 2. The van der Waals surface area contributed by atoms with E-state index >= 15 is 0 Å². The van der Waals surface area contributed by atoms with Crippen LogP contribution in [0.25, 0.3) is 11.0 Å². The molecule has 3 aromatic rings. The van der Waals surface area contributed by atoms with Crippen molar-refractivity contribution in [2.24, 2.45) is 5.73 Å². The van der Waals surface area contributed by atoms with Crippen molar-refractivity contribution in [3.63, 3.8) is 0 Å². The lowest BCUT2D eigenvalue weighted by Crippen LogP contribution is -2.42. The van der Waals surface area contributed by atoms with Crippen LogP contribution >= 0.6 is 0 Å². The number of fused-ring (bicyclic) bond motifs is 2. The number of para-hydroxylation sites is 1. The molecular weight excluding hydrogens is 404 g/mol. The van der Waals surface area contributed by atoms with E-state index in [1.165, 1.54) is 25.3 Å². The van der Waals surface area contributed by atoms with Crippen molar-refractivity contribution in [2.45, 2.75) is 25.3 Å². The molecule has 4 rings (SSSR count). The third-order valence-corrected chi connectivity index (χ3v) is 5.17. The molecular formula is C22H20N2O7. The predicted octanol–water partition coefficient (Wildman–Crippen LogP) is 1.74. The topological polar surface area (TPSA) is 141 Å². The molecule has 2 aromatic carbocycles. The zero-order valence-corrected chi connectivity index (χ0v) is 16.6.